The van der Waals surface area contributed by atoms with Crippen LogP contribution in [-0.2, 0) is 0 Å². The van der Waals surface area contributed by atoms with E-state index < -0.39 is 0 Å². The summed E-state index contributed by atoms with van der Waals surface area (Å²) < 4.78 is 5.42. The van der Waals surface area contributed by atoms with Crippen molar-refractivity contribution in [2.45, 2.75) is 13.0 Å². The minimum Gasteiger partial charge on any atom is -0.495 e. The minimum absolute atomic E-state index is 0.477. The molecule has 1 aromatic rings. The van der Waals surface area contributed by atoms with Crippen LogP contribution in [0.3, 0.4) is 0 Å². The van der Waals surface area contributed by atoms with E-state index in [0.29, 0.717) is 6.04 Å². The van der Waals surface area contributed by atoms with Crippen molar-refractivity contribution in [2.24, 2.45) is 5.73 Å². The summed E-state index contributed by atoms with van der Waals surface area (Å²) in [7, 11) is 1.73. The largest absolute Gasteiger partial charge is 0.495 e. The number of nitrogens with two attached hydrogens (primary N) is 1. The first-order valence-electron chi connectivity index (χ1n) is 6.58. The van der Waals surface area contributed by atoms with E-state index in [0.717, 1.165) is 38.5 Å². The molecule has 1 aliphatic heterocycles. The van der Waals surface area contributed by atoms with Gasteiger partial charge < -0.3 is 15.4 Å². The molecular weight excluding hydrogens is 226 g/mol. The van der Waals surface area contributed by atoms with E-state index in [2.05, 4.69) is 28.9 Å². The predicted octanol–water partition coefficient (Wildman–Crippen LogP) is 1.16. The van der Waals surface area contributed by atoms with Crippen molar-refractivity contribution < 1.29 is 4.74 Å². The Hall–Kier alpha value is -1.26. The first-order valence-corrected chi connectivity index (χ1v) is 6.58. The molecule has 0 aliphatic carbocycles. The second-order valence-electron chi connectivity index (χ2n) is 4.78. The first kappa shape index (κ1) is 13.2. The van der Waals surface area contributed by atoms with Crippen LogP contribution in [0, 0.1) is 0 Å². The number of para-hydroxylation sites is 2. The van der Waals surface area contributed by atoms with Gasteiger partial charge in [0.1, 0.15) is 5.75 Å². The van der Waals surface area contributed by atoms with Gasteiger partial charge in [-0.15, -0.1) is 0 Å². The SMILES string of the molecule is COc1ccccc1N1CCN(C(C)CN)CC1. The van der Waals surface area contributed by atoms with E-state index in [1.807, 2.05) is 12.1 Å². The van der Waals surface area contributed by atoms with Crippen molar-refractivity contribution >= 4 is 5.69 Å². The number of anilines is 1. The second-order valence-corrected chi connectivity index (χ2v) is 4.78. The van der Waals surface area contributed by atoms with E-state index in [1.165, 1.54) is 5.69 Å². The standard InChI is InChI=1S/C14H23N3O/c1-12(11-15)16-7-9-17(10-8-16)13-5-3-4-6-14(13)18-2/h3-6,12H,7-11,15H2,1-2H3. The van der Waals surface area contributed by atoms with E-state index in [1.54, 1.807) is 7.11 Å². The van der Waals surface area contributed by atoms with Gasteiger partial charge in [-0.2, -0.15) is 0 Å². The fourth-order valence-corrected chi connectivity index (χ4v) is 2.44. The minimum atomic E-state index is 0.477. The lowest BCUT2D eigenvalue weighted by Gasteiger charge is -2.39. The highest BCUT2D eigenvalue weighted by atomic mass is 16.5. The number of piperazine rings is 1. The van der Waals surface area contributed by atoms with Crippen LogP contribution in [0.2, 0.25) is 0 Å². The maximum Gasteiger partial charge on any atom is 0.142 e. The van der Waals surface area contributed by atoms with E-state index >= 15 is 0 Å². The van der Waals surface area contributed by atoms with Crippen molar-refractivity contribution in [3.8, 4) is 5.75 Å². The summed E-state index contributed by atoms with van der Waals surface area (Å²) >= 11 is 0. The number of rotatable bonds is 4. The molecule has 0 radical (unpaired) electrons. The molecular formula is C14H23N3O. The topological polar surface area (TPSA) is 41.7 Å². The maximum atomic E-state index is 5.72. The Bertz CT molecular complexity index is 375. The van der Waals surface area contributed by atoms with Crippen LogP contribution in [0.25, 0.3) is 0 Å². The molecule has 0 amide bonds. The Kier molecular flexibility index (Phi) is 4.44. The lowest BCUT2D eigenvalue weighted by molar-refractivity contribution is 0.201. The Balaban J connectivity index is 2.01. The van der Waals surface area contributed by atoms with Crippen molar-refractivity contribution in [3.63, 3.8) is 0 Å². The van der Waals surface area contributed by atoms with Crippen molar-refractivity contribution in [2.75, 3.05) is 44.7 Å². The van der Waals surface area contributed by atoms with Gasteiger partial charge in [-0.05, 0) is 19.1 Å². The Morgan fingerprint density at radius 2 is 1.89 bits per heavy atom. The molecule has 1 aromatic carbocycles. The van der Waals surface area contributed by atoms with Gasteiger partial charge in [-0.3, -0.25) is 4.90 Å². The molecule has 0 bridgehead atoms. The molecule has 4 nitrogen and oxygen atoms in total. The summed E-state index contributed by atoms with van der Waals surface area (Å²) in [5.74, 6) is 0.956. The zero-order valence-corrected chi connectivity index (χ0v) is 11.3. The average molecular weight is 249 g/mol. The van der Waals surface area contributed by atoms with Crippen LogP contribution in [0.15, 0.2) is 24.3 Å². The molecule has 2 rings (SSSR count). The Morgan fingerprint density at radius 1 is 1.22 bits per heavy atom. The number of benzene rings is 1. The summed E-state index contributed by atoms with van der Waals surface area (Å²) in [5.41, 5.74) is 6.91. The maximum absolute atomic E-state index is 5.72. The fourth-order valence-electron chi connectivity index (χ4n) is 2.44. The van der Waals surface area contributed by atoms with Crippen molar-refractivity contribution in [1.82, 2.24) is 4.90 Å². The molecule has 4 heteroatoms. The number of ether oxygens (including phenoxy) is 1. The van der Waals surface area contributed by atoms with Gasteiger partial charge in [0.05, 0.1) is 12.8 Å². The highest BCUT2D eigenvalue weighted by Crippen LogP contribution is 2.28. The van der Waals surface area contributed by atoms with Crippen molar-refractivity contribution in [3.05, 3.63) is 24.3 Å². The van der Waals surface area contributed by atoms with Gasteiger partial charge in [0.2, 0.25) is 0 Å². The molecule has 1 aliphatic rings. The Morgan fingerprint density at radius 3 is 2.50 bits per heavy atom. The van der Waals surface area contributed by atoms with Crippen LogP contribution in [0.1, 0.15) is 6.92 Å². The molecule has 1 unspecified atom stereocenters. The quantitative estimate of drug-likeness (QED) is 0.869. The van der Waals surface area contributed by atoms with Crippen LogP contribution < -0.4 is 15.4 Å². The molecule has 1 fully saturated rings. The molecule has 1 atom stereocenters. The average Bonchev–Trinajstić information content (AvgIpc) is 2.46. The molecule has 1 saturated heterocycles. The van der Waals surface area contributed by atoms with Gasteiger partial charge in [0.15, 0.2) is 0 Å². The lowest BCUT2D eigenvalue weighted by atomic mass is 10.2. The highest BCUT2D eigenvalue weighted by molar-refractivity contribution is 5.58. The third kappa shape index (κ3) is 2.76. The number of nitrogens with zero attached hydrogens (tertiary/aromatic N) is 2. The predicted molar refractivity (Wildman–Crippen MR) is 75.3 cm³/mol. The van der Waals surface area contributed by atoms with Gasteiger partial charge >= 0.3 is 0 Å². The van der Waals surface area contributed by atoms with E-state index in [9.17, 15) is 0 Å². The summed E-state index contributed by atoms with van der Waals surface area (Å²) in [5, 5.41) is 0. The molecule has 18 heavy (non-hydrogen) atoms. The molecule has 2 N–H and O–H groups in total. The van der Waals surface area contributed by atoms with Crippen molar-refractivity contribution in [1.29, 1.82) is 0 Å². The summed E-state index contributed by atoms with van der Waals surface area (Å²) in [6.07, 6.45) is 0. The second kappa shape index (κ2) is 6.07. The normalized spacial score (nSPS) is 18.7. The van der Waals surface area contributed by atoms with Crippen LogP contribution in [-0.4, -0.2) is 50.8 Å². The molecule has 0 aromatic heterocycles. The van der Waals surface area contributed by atoms with Crippen LogP contribution in [0.4, 0.5) is 5.69 Å². The number of methoxy groups -OCH3 is 1. The fraction of sp³-hybridized carbons (Fsp3) is 0.571. The number of hydrogen-bond acceptors (Lipinski definition) is 4. The lowest BCUT2D eigenvalue weighted by Crippen LogP contribution is -2.51. The van der Waals surface area contributed by atoms with Gasteiger partial charge in [-0.25, -0.2) is 0 Å². The zero-order valence-electron chi connectivity index (χ0n) is 11.3. The highest BCUT2D eigenvalue weighted by Gasteiger charge is 2.21. The van der Waals surface area contributed by atoms with Crippen LogP contribution in [0.5, 0.6) is 5.75 Å². The van der Waals surface area contributed by atoms with Gasteiger partial charge in [0.25, 0.3) is 0 Å². The number of hydrogen-bond donors (Lipinski definition) is 1. The van der Waals surface area contributed by atoms with E-state index in [4.69, 9.17) is 10.5 Å². The van der Waals surface area contributed by atoms with E-state index in [-0.39, 0.29) is 0 Å². The third-order valence-electron chi connectivity index (χ3n) is 3.70. The molecule has 0 spiro atoms. The third-order valence-corrected chi connectivity index (χ3v) is 3.70. The molecule has 0 saturated carbocycles. The summed E-state index contributed by atoms with van der Waals surface area (Å²) in [6, 6.07) is 8.69. The monoisotopic (exact) mass is 249 g/mol. The molecule has 100 valence electrons. The summed E-state index contributed by atoms with van der Waals surface area (Å²) in [6.45, 7) is 7.12. The smallest absolute Gasteiger partial charge is 0.142 e. The van der Waals surface area contributed by atoms with Gasteiger partial charge in [-0.1, -0.05) is 12.1 Å². The van der Waals surface area contributed by atoms with Crippen LogP contribution >= 0.6 is 0 Å². The van der Waals surface area contributed by atoms with Gasteiger partial charge in [0, 0.05) is 38.8 Å². The molecule has 1 heterocycles. The summed E-state index contributed by atoms with van der Waals surface area (Å²) in [4.78, 5) is 4.84. The first-order chi connectivity index (χ1) is 8.76. The zero-order chi connectivity index (χ0) is 13.0. The Labute approximate surface area is 109 Å².